The zero-order valence-electron chi connectivity index (χ0n) is 18.8. The molecule has 1 aromatic carbocycles. The summed E-state index contributed by atoms with van der Waals surface area (Å²) < 4.78 is 20.6. The Bertz CT molecular complexity index is 1060. The lowest BCUT2D eigenvalue weighted by Gasteiger charge is -2.36. The van der Waals surface area contributed by atoms with Crippen LogP contribution in [0.5, 0.6) is 5.75 Å². The Hall–Kier alpha value is -2.58. The summed E-state index contributed by atoms with van der Waals surface area (Å²) in [5, 5.41) is 13.7. The first-order valence-corrected chi connectivity index (χ1v) is 12.3. The second-order valence-corrected chi connectivity index (χ2v) is 9.63. The van der Waals surface area contributed by atoms with Crippen molar-refractivity contribution in [1.82, 2.24) is 14.9 Å². The van der Waals surface area contributed by atoms with Gasteiger partial charge in [0, 0.05) is 36.1 Å². The number of aromatic nitrogens is 2. The van der Waals surface area contributed by atoms with E-state index in [9.17, 15) is 9.90 Å². The average Bonchev–Trinajstić information content (AvgIpc) is 3.35. The van der Waals surface area contributed by atoms with Crippen LogP contribution in [0.2, 0.25) is 0 Å². The number of fused-ring (bicyclic) bond motifs is 1. The first-order chi connectivity index (χ1) is 16.0. The van der Waals surface area contributed by atoms with Crippen LogP contribution in [-0.4, -0.2) is 52.7 Å². The van der Waals surface area contributed by atoms with E-state index >= 15 is 4.39 Å². The Morgan fingerprint density at radius 1 is 1.33 bits per heavy atom. The molecule has 0 saturated carbocycles. The number of methoxy groups -OCH3 is 1. The number of hydrogen-bond donors (Lipinski definition) is 1. The number of carboxylic acid groups (broad SMARTS) is 1. The topological polar surface area (TPSA) is 75.5 Å². The van der Waals surface area contributed by atoms with Gasteiger partial charge in [0.25, 0.3) is 0 Å². The van der Waals surface area contributed by atoms with Gasteiger partial charge in [-0.25, -0.2) is 9.37 Å². The molecule has 33 heavy (non-hydrogen) atoms. The largest absolute Gasteiger partial charge is 0.497 e. The van der Waals surface area contributed by atoms with Crippen LogP contribution in [-0.2, 0) is 11.2 Å². The zero-order chi connectivity index (χ0) is 23.2. The molecule has 0 radical (unpaired) electrons. The highest BCUT2D eigenvalue weighted by atomic mass is 32.1. The van der Waals surface area contributed by atoms with Gasteiger partial charge in [-0.3, -0.25) is 9.78 Å². The van der Waals surface area contributed by atoms with Gasteiger partial charge in [0.2, 0.25) is 0 Å². The van der Waals surface area contributed by atoms with Crippen molar-refractivity contribution in [3.8, 4) is 5.75 Å². The van der Waals surface area contributed by atoms with Crippen LogP contribution in [0.15, 0.2) is 42.0 Å². The SMILES string of the molecule is COc1ccc2nccc([C@@H](F)CC[C@@H]3CCN(CCCc4nccs4)C[C@@H]3C(=O)O)c2c1. The summed E-state index contributed by atoms with van der Waals surface area (Å²) in [6.07, 6.45) is 5.79. The standard InChI is InChI=1S/C25H30FN3O3S/c1-32-18-5-7-23-20(15-18)19(8-10-27-23)22(26)6-4-17-9-13-29(16-21(17)25(30)31)12-2-3-24-28-11-14-33-24/h5,7-8,10-11,14-15,17,21-22H,2-4,6,9,12-13,16H2,1H3,(H,30,31)/t17-,21+,22+/m1/s1. The lowest BCUT2D eigenvalue weighted by molar-refractivity contribution is -0.146. The van der Waals surface area contributed by atoms with E-state index < -0.39 is 18.1 Å². The summed E-state index contributed by atoms with van der Waals surface area (Å²) in [5.74, 6) is -0.588. The van der Waals surface area contributed by atoms with E-state index in [1.165, 1.54) is 0 Å². The van der Waals surface area contributed by atoms with Crippen LogP contribution in [0.4, 0.5) is 4.39 Å². The second kappa shape index (κ2) is 11.0. The number of alkyl halides is 1. The number of piperidine rings is 1. The third-order valence-electron chi connectivity index (χ3n) is 6.62. The molecule has 176 valence electrons. The van der Waals surface area contributed by atoms with Crippen molar-refractivity contribution in [1.29, 1.82) is 0 Å². The molecule has 3 heterocycles. The number of ether oxygens (including phenoxy) is 1. The number of aliphatic carboxylic acids is 1. The maximum Gasteiger partial charge on any atom is 0.308 e. The average molecular weight is 472 g/mol. The minimum Gasteiger partial charge on any atom is -0.497 e. The van der Waals surface area contributed by atoms with E-state index in [1.54, 1.807) is 30.7 Å². The van der Waals surface area contributed by atoms with Gasteiger partial charge in [-0.05, 0) is 74.5 Å². The number of nitrogens with zero attached hydrogens (tertiary/aromatic N) is 3. The van der Waals surface area contributed by atoms with Crippen molar-refractivity contribution < 1.29 is 19.0 Å². The van der Waals surface area contributed by atoms with Crippen LogP contribution in [0.3, 0.4) is 0 Å². The molecule has 8 heteroatoms. The molecule has 3 atom stereocenters. The first kappa shape index (κ1) is 23.6. The number of carbonyl (C=O) groups is 1. The summed E-state index contributed by atoms with van der Waals surface area (Å²) in [4.78, 5) is 22.8. The Kier molecular flexibility index (Phi) is 7.88. The number of halogens is 1. The fourth-order valence-corrected chi connectivity index (χ4v) is 5.45. The first-order valence-electron chi connectivity index (χ1n) is 11.5. The smallest absolute Gasteiger partial charge is 0.308 e. The highest BCUT2D eigenvalue weighted by Crippen LogP contribution is 2.35. The zero-order valence-corrected chi connectivity index (χ0v) is 19.6. The van der Waals surface area contributed by atoms with E-state index in [2.05, 4.69) is 14.9 Å². The van der Waals surface area contributed by atoms with Crippen LogP contribution >= 0.6 is 11.3 Å². The molecule has 1 saturated heterocycles. The van der Waals surface area contributed by atoms with E-state index in [0.29, 0.717) is 30.7 Å². The van der Waals surface area contributed by atoms with Crippen molar-refractivity contribution in [2.45, 2.75) is 38.3 Å². The predicted octanol–water partition coefficient (Wildman–Crippen LogP) is 5.15. The molecule has 1 fully saturated rings. The number of pyridine rings is 1. The number of carboxylic acids is 1. The fraction of sp³-hybridized carbons (Fsp3) is 0.480. The maximum absolute atomic E-state index is 15.3. The van der Waals surface area contributed by atoms with E-state index in [1.807, 2.05) is 29.8 Å². The van der Waals surface area contributed by atoms with Gasteiger partial charge in [-0.1, -0.05) is 0 Å². The summed E-state index contributed by atoms with van der Waals surface area (Å²) in [6.45, 7) is 2.26. The third-order valence-corrected chi connectivity index (χ3v) is 7.46. The van der Waals surface area contributed by atoms with Crippen LogP contribution in [0.1, 0.15) is 42.4 Å². The molecule has 0 unspecified atom stereocenters. The molecule has 0 aliphatic carbocycles. The molecule has 1 aliphatic rings. The highest BCUT2D eigenvalue weighted by Gasteiger charge is 2.34. The molecule has 1 N–H and O–H groups in total. The molecular weight excluding hydrogens is 441 g/mol. The second-order valence-electron chi connectivity index (χ2n) is 8.65. The van der Waals surface area contributed by atoms with Gasteiger partial charge in [-0.2, -0.15) is 0 Å². The fourth-order valence-electron chi connectivity index (χ4n) is 4.79. The highest BCUT2D eigenvalue weighted by molar-refractivity contribution is 7.09. The molecule has 0 bridgehead atoms. The van der Waals surface area contributed by atoms with Crippen molar-refractivity contribution in [3.63, 3.8) is 0 Å². The predicted molar refractivity (Wildman–Crippen MR) is 127 cm³/mol. The Morgan fingerprint density at radius 2 is 2.21 bits per heavy atom. The minimum atomic E-state index is -1.17. The number of likely N-dealkylation sites (tertiary alicyclic amines) is 1. The van der Waals surface area contributed by atoms with Crippen molar-refractivity contribution >= 4 is 28.2 Å². The number of aryl methyl sites for hydroxylation is 1. The van der Waals surface area contributed by atoms with Crippen LogP contribution in [0.25, 0.3) is 10.9 Å². The number of rotatable bonds is 10. The van der Waals surface area contributed by atoms with Gasteiger partial charge in [0.15, 0.2) is 0 Å². The molecule has 0 spiro atoms. The monoisotopic (exact) mass is 471 g/mol. The lowest BCUT2D eigenvalue weighted by atomic mass is 9.81. The molecule has 4 rings (SSSR count). The Labute approximate surface area is 197 Å². The van der Waals surface area contributed by atoms with Crippen LogP contribution in [0, 0.1) is 11.8 Å². The molecule has 2 aromatic heterocycles. The molecule has 0 amide bonds. The van der Waals surface area contributed by atoms with Crippen LogP contribution < -0.4 is 4.74 Å². The summed E-state index contributed by atoms with van der Waals surface area (Å²) in [6, 6.07) is 7.17. The van der Waals surface area contributed by atoms with E-state index in [-0.39, 0.29) is 5.92 Å². The van der Waals surface area contributed by atoms with Gasteiger partial charge in [-0.15, -0.1) is 11.3 Å². The Balaban J connectivity index is 1.34. The van der Waals surface area contributed by atoms with Gasteiger partial charge >= 0.3 is 5.97 Å². The molecule has 3 aromatic rings. The number of benzene rings is 1. The summed E-state index contributed by atoms with van der Waals surface area (Å²) >= 11 is 1.66. The molecule has 6 nitrogen and oxygen atoms in total. The minimum absolute atomic E-state index is 0.0152. The molecular formula is C25H30FN3O3S. The van der Waals surface area contributed by atoms with Gasteiger partial charge in [0.05, 0.1) is 23.6 Å². The Morgan fingerprint density at radius 3 is 2.97 bits per heavy atom. The van der Waals surface area contributed by atoms with Crippen molar-refractivity contribution in [3.05, 3.63) is 52.6 Å². The lowest BCUT2D eigenvalue weighted by Crippen LogP contribution is -2.44. The number of thiazole rings is 1. The summed E-state index contributed by atoms with van der Waals surface area (Å²) in [5.41, 5.74) is 1.32. The van der Waals surface area contributed by atoms with Crippen molar-refractivity contribution in [2.24, 2.45) is 11.8 Å². The van der Waals surface area contributed by atoms with E-state index in [4.69, 9.17) is 4.74 Å². The number of hydrogen-bond acceptors (Lipinski definition) is 6. The van der Waals surface area contributed by atoms with Crippen molar-refractivity contribution in [2.75, 3.05) is 26.7 Å². The quantitative estimate of drug-likeness (QED) is 0.441. The normalized spacial score (nSPS) is 20.1. The maximum atomic E-state index is 15.3. The molecule has 1 aliphatic heterocycles. The third kappa shape index (κ3) is 5.86. The summed E-state index contributed by atoms with van der Waals surface area (Å²) in [7, 11) is 1.58. The van der Waals surface area contributed by atoms with E-state index in [0.717, 1.165) is 48.3 Å². The van der Waals surface area contributed by atoms with Gasteiger partial charge < -0.3 is 14.7 Å². The van der Waals surface area contributed by atoms with Gasteiger partial charge in [0.1, 0.15) is 11.9 Å².